The van der Waals surface area contributed by atoms with E-state index in [9.17, 15) is 0 Å². The van der Waals surface area contributed by atoms with Gasteiger partial charge in [0.1, 0.15) is 0 Å². The second kappa shape index (κ2) is 4.97. The summed E-state index contributed by atoms with van der Waals surface area (Å²) in [5, 5.41) is 3.48. The molecule has 2 heteroatoms. The first-order valence-electron chi connectivity index (χ1n) is 4.06. The summed E-state index contributed by atoms with van der Waals surface area (Å²) in [5.41, 5.74) is 0. The number of piperidine rings is 1. The Labute approximate surface area is 70.0 Å². The fourth-order valence-corrected chi connectivity index (χ4v) is 1.41. The second-order valence-corrected chi connectivity index (χ2v) is 3.16. The highest BCUT2D eigenvalue weighted by Gasteiger charge is 2.14. The molecule has 1 saturated heterocycles. The summed E-state index contributed by atoms with van der Waals surface area (Å²) in [7, 11) is 0. The highest BCUT2D eigenvalue weighted by Crippen LogP contribution is 2.16. The molecule has 1 aliphatic rings. The predicted octanol–water partition coefficient (Wildman–Crippen LogP) is 2.21. The fourth-order valence-electron chi connectivity index (χ4n) is 1.41. The molecule has 0 bridgehead atoms. The normalized spacial score (nSPS) is 33.0. The molecule has 0 amide bonds. The lowest BCUT2D eigenvalue weighted by molar-refractivity contribution is 0.317. The molecule has 0 saturated carbocycles. The lowest BCUT2D eigenvalue weighted by Gasteiger charge is -2.26. The van der Waals surface area contributed by atoms with Crippen molar-refractivity contribution < 1.29 is 0 Å². The van der Waals surface area contributed by atoms with Crippen LogP contribution in [0.15, 0.2) is 0 Å². The smallest absolute Gasteiger partial charge is 0.00389 e. The molecule has 0 aromatic carbocycles. The van der Waals surface area contributed by atoms with Crippen LogP contribution in [0, 0.1) is 5.92 Å². The molecule has 1 fully saturated rings. The van der Waals surface area contributed by atoms with Gasteiger partial charge in [-0.3, -0.25) is 0 Å². The van der Waals surface area contributed by atoms with Crippen molar-refractivity contribution in [2.75, 3.05) is 6.54 Å². The topological polar surface area (TPSA) is 12.0 Å². The van der Waals surface area contributed by atoms with Crippen LogP contribution < -0.4 is 5.32 Å². The van der Waals surface area contributed by atoms with Crippen molar-refractivity contribution in [3.63, 3.8) is 0 Å². The summed E-state index contributed by atoms with van der Waals surface area (Å²) in [6.07, 6.45) is 4.16. The average molecular weight is 164 g/mol. The summed E-state index contributed by atoms with van der Waals surface area (Å²) in [4.78, 5) is 0. The van der Waals surface area contributed by atoms with E-state index in [-0.39, 0.29) is 12.4 Å². The Balaban J connectivity index is 0.000000810. The van der Waals surface area contributed by atoms with Crippen molar-refractivity contribution in [1.29, 1.82) is 0 Å². The predicted molar refractivity (Wildman–Crippen MR) is 47.7 cm³/mol. The Morgan fingerprint density at radius 1 is 1.40 bits per heavy atom. The van der Waals surface area contributed by atoms with Crippen LogP contribution in [0.25, 0.3) is 0 Å². The summed E-state index contributed by atoms with van der Waals surface area (Å²) < 4.78 is 0. The first-order chi connectivity index (χ1) is 4.33. The standard InChI is InChI=1S/C8H17N.ClH/c1-3-8-5-4-7(2)9-6-8;/h7-9H,3-6H2,1-2H3;1H. The Kier molecular flexibility index (Phi) is 5.10. The van der Waals surface area contributed by atoms with E-state index >= 15 is 0 Å². The molecular formula is C8H18ClN. The summed E-state index contributed by atoms with van der Waals surface area (Å²) in [6, 6.07) is 0.771. The molecule has 2 unspecified atom stereocenters. The first kappa shape index (κ1) is 10.2. The number of rotatable bonds is 1. The lowest BCUT2D eigenvalue weighted by atomic mass is 9.94. The molecule has 1 N–H and O–H groups in total. The molecule has 10 heavy (non-hydrogen) atoms. The van der Waals surface area contributed by atoms with E-state index in [1.165, 1.54) is 25.8 Å². The van der Waals surface area contributed by atoms with Crippen LogP contribution in [0.5, 0.6) is 0 Å². The monoisotopic (exact) mass is 163 g/mol. The van der Waals surface area contributed by atoms with E-state index in [4.69, 9.17) is 0 Å². The first-order valence-corrected chi connectivity index (χ1v) is 4.06. The van der Waals surface area contributed by atoms with E-state index in [0.717, 1.165) is 12.0 Å². The van der Waals surface area contributed by atoms with Crippen molar-refractivity contribution in [2.45, 2.75) is 39.2 Å². The third-order valence-electron chi connectivity index (χ3n) is 2.34. The summed E-state index contributed by atoms with van der Waals surface area (Å²) >= 11 is 0. The van der Waals surface area contributed by atoms with Crippen molar-refractivity contribution in [1.82, 2.24) is 5.32 Å². The Hall–Kier alpha value is 0.250. The van der Waals surface area contributed by atoms with Gasteiger partial charge < -0.3 is 5.32 Å². The molecular weight excluding hydrogens is 146 g/mol. The van der Waals surface area contributed by atoms with E-state index in [1.807, 2.05) is 0 Å². The van der Waals surface area contributed by atoms with Gasteiger partial charge >= 0.3 is 0 Å². The molecule has 0 aromatic rings. The summed E-state index contributed by atoms with van der Waals surface area (Å²) in [5.74, 6) is 0.959. The molecule has 0 aliphatic carbocycles. The van der Waals surface area contributed by atoms with Gasteiger partial charge in [-0.1, -0.05) is 13.3 Å². The van der Waals surface area contributed by atoms with Gasteiger partial charge in [-0.05, 0) is 32.2 Å². The maximum atomic E-state index is 3.48. The van der Waals surface area contributed by atoms with Gasteiger partial charge in [0.2, 0.25) is 0 Å². The van der Waals surface area contributed by atoms with Gasteiger partial charge in [0, 0.05) is 6.04 Å². The van der Waals surface area contributed by atoms with Gasteiger partial charge in [0.15, 0.2) is 0 Å². The minimum Gasteiger partial charge on any atom is -0.314 e. The minimum atomic E-state index is 0. The van der Waals surface area contributed by atoms with Crippen LogP contribution in [0.4, 0.5) is 0 Å². The molecule has 0 spiro atoms. The van der Waals surface area contributed by atoms with Gasteiger partial charge in [-0.25, -0.2) is 0 Å². The minimum absolute atomic E-state index is 0. The van der Waals surface area contributed by atoms with Crippen LogP contribution >= 0.6 is 12.4 Å². The lowest BCUT2D eigenvalue weighted by Crippen LogP contribution is -2.36. The molecule has 1 nitrogen and oxygen atoms in total. The van der Waals surface area contributed by atoms with Gasteiger partial charge in [-0.2, -0.15) is 0 Å². The molecule has 1 aliphatic heterocycles. The quantitative estimate of drug-likeness (QED) is 0.625. The van der Waals surface area contributed by atoms with E-state index in [1.54, 1.807) is 0 Å². The van der Waals surface area contributed by atoms with Crippen LogP contribution in [-0.2, 0) is 0 Å². The molecule has 2 atom stereocenters. The maximum absolute atomic E-state index is 3.48. The van der Waals surface area contributed by atoms with E-state index in [0.29, 0.717) is 0 Å². The highest BCUT2D eigenvalue weighted by atomic mass is 35.5. The zero-order chi connectivity index (χ0) is 6.69. The zero-order valence-electron chi connectivity index (χ0n) is 6.89. The van der Waals surface area contributed by atoms with Crippen molar-refractivity contribution >= 4 is 12.4 Å². The molecule has 62 valence electrons. The third kappa shape index (κ3) is 2.89. The Morgan fingerprint density at radius 2 is 2.10 bits per heavy atom. The third-order valence-corrected chi connectivity index (χ3v) is 2.34. The van der Waals surface area contributed by atoms with E-state index in [2.05, 4.69) is 19.2 Å². The Bertz CT molecular complexity index is 77.3. The molecule has 1 heterocycles. The zero-order valence-corrected chi connectivity index (χ0v) is 7.71. The van der Waals surface area contributed by atoms with Gasteiger partial charge in [-0.15, -0.1) is 12.4 Å². The van der Waals surface area contributed by atoms with E-state index < -0.39 is 0 Å². The second-order valence-electron chi connectivity index (χ2n) is 3.16. The number of halogens is 1. The Morgan fingerprint density at radius 3 is 2.50 bits per heavy atom. The van der Waals surface area contributed by atoms with Crippen LogP contribution in [0.3, 0.4) is 0 Å². The van der Waals surface area contributed by atoms with Gasteiger partial charge in [0.05, 0.1) is 0 Å². The highest BCUT2D eigenvalue weighted by molar-refractivity contribution is 5.85. The number of hydrogen-bond acceptors (Lipinski definition) is 1. The average Bonchev–Trinajstić information content (AvgIpc) is 1.90. The van der Waals surface area contributed by atoms with Gasteiger partial charge in [0.25, 0.3) is 0 Å². The largest absolute Gasteiger partial charge is 0.314 e. The number of nitrogens with one attached hydrogen (secondary N) is 1. The molecule has 0 aromatic heterocycles. The van der Waals surface area contributed by atoms with Crippen LogP contribution in [0.1, 0.15) is 33.1 Å². The number of hydrogen-bond donors (Lipinski definition) is 1. The SMILES string of the molecule is CCC1CCC(C)NC1.Cl. The van der Waals surface area contributed by atoms with Crippen molar-refractivity contribution in [3.8, 4) is 0 Å². The summed E-state index contributed by atoms with van der Waals surface area (Å²) in [6.45, 7) is 5.80. The van der Waals surface area contributed by atoms with Crippen LogP contribution in [0.2, 0.25) is 0 Å². The van der Waals surface area contributed by atoms with Crippen molar-refractivity contribution in [2.24, 2.45) is 5.92 Å². The van der Waals surface area contributed by atoms with Crippen LogP contribution in [-0.4, -0.2) is 12.6 Å². The molecule has 0 radical (unpaired) electrons. The maximum Gasteiger partial charge on any atom is 0.00389 e. The molecule has 1 rings (SSSR count). The fraction of sp³-hybridized carbons (Fsp3) is 1.00. The van der Waals surface area contributed by atoms with Crippen molar-refractivity contribution in [3.05, 3.63) is 0 Å².